The summed E-state index contributed by atoms with van der Waals surface area (Å²) in [7, 11) is 0. The summed E-state index contributed by atoms with van der Waals surface area (Å²) in [6.07, 6.45) is -1.74. The molecule has 4 rings (SSSR count). The lowest BCUT2D eigenvalue weighted by Gasteiger charge is -2.29. The topological polar surface area (TPSA) is 9.23 Å². The fraction of sp³-hybridized carbons (Fsp3) is 0.379. The normalized spacial score (nSPS) is 18.8. The number of ether oxygens (including phenoxy) is 1. The highest BCUT2D eigenvalue weighted by atomic mass is 19.4. The summed E-state index contributed by atoms with van der Waals surface area (Å²) in [4.78, 5) is 0. The highest BCUT2D eigenvalue weighted by molar-refractivity contribution is 5.70. The van der Waals surface area contributed by atoms with Crippen LogP contribution < -0.4 is 4.74 Å². The van der Waals surface area contributed by atoms with E-state index in [1.165, 1.54) is 49.2 Å². The first-order valence-corrected chi connectivity index (χ1v) is 12.2. The molecular formula is C29H28F6O. The van der Waals surface area contributed by atoms with Crippen LogP contribution in [0.5, 0.6) is 5.75 Å². The molecule has 0 atom stereocenters. The van der Waals surface area contributed by atoms with E-state index in [4.69, 9.17) is 4.74 Å². The Morgan fingerprint density at radius 1 is 0.833 bits per heavy atom. The molecule has 0 N–H and O–H groups in total. The van der Waals surface area contributed by atoms with Gasteiger partial charge in [-0.1, -0.05) is 56.2 Å². The molecule has 0 heterocycles. The lowest BCUT2D eigenvalue weighted by atomic mass is 9.77. The molecule has 1 fully saturated rings. The van der Waals surface area contributed by atoms with Gasteiger partial charge >= 0.3 is 12.3 Å². The third kappa shape index (κ3) is 5.88. The first-order chi connectivity index (χ1) is 17.1. The first kappa shape index (κ1) is 26.1. The lowest BCUT2D eigenvalue weighted by Crippen LogP contribution is -2.22. The van der Waals surface area contributed by atoms with Crippen LogP contribution in [0.2, 0.25) is 0 Å². The molecule has 36 heavy (non-hydrogen) atoms. The Balaban J connectivity index is 1.52. The van der Waals surface area contributed by atoms with Gasteiger partial charge in [-0.15, -0.1) is 0 Å². The van der Waals surface area contributed by atoms with Crippen molar-refractivity contribution in [2.75, 3.05) is 0 Å². The molecule has 192 valence electrons. The van der Waals surface area contributed by atoms with Gasteiger partial charge in [0.15, 0.2) is 0 Å². The SMILES string of the molecule is CCCC1CCC(c2ccc(C(F)(F)Oc3ccccc3-c3ccc(C(F)(F)F)c(F)c3)cc2)CC1. The van der Waals surface area contributed by atoms with Gasteiger partial charge in [0, 0.05) is 5.56 Å². The predicted molar refractivity (Wildman–Crippen MR) is 127 cm³/mol. The second kappa shape index (κ2) is 10.6. The lowest BCUT2D eigenvalue weighted by molar-refractivity contribution is -0.185. The highest BCUT2D eigenvalue weighted by Crippen LogP contribution is 2.41. The summed E-state index contributed by atoms with van der Waals surface area (Å²) in [5, 5.41) is 0. The van der Waals surface area contributed by atoms with Crippen LogP contribution in [0.15, 0.2) is 66.7 Å². The molecule has 1 aliphatic rings. The molecule has 0 radical (unpaired) electrons. The van der Waals surface area contributed by atoms with Crippen LogP contribution in [0.3, 0.4) is 0 Å². The van der Waals surface area contributed by atoms with Crippen molar-refractivity contribution < 1.29 is 31.1 Å². The first-order valence-electron chi connectivity index (χ1n) is 12.2. The molecular weight excluding hydrogens is 478 g/mol. The summed E-state index contributed by atoms with van der Waals surface area (Å²) >= 11 is 0. The maximum Gasteiger partial charge on any atom is 0.426 e. The Bertz CT molecular complexity index is 1160. The van der Waals surface area contributed by atoms with E-state index in [2.05, 4.69) is 6.92 Å². The van der Waals surface area contributed by atoms with Gasteiger partial charge in [-0.05, 0) is 79.0 Å². The third-order valence-electron chi connectivity index (χ3n) is 6.97. The number of hydrogen-bond donors (Lipinski definition) is 0. The molecule has 3 aromatic rings. The van der Waals surface area contributed by atoms with Crippen molar-refractivity contribution in [1.82, 2.24) is 0 Å². The minimum absolute atomic E-state index is 0.000855. The van der Waals surface area contributed by atoms with E-state index >= 15 is 8.78 Å². The maximum absolute atomic E-state index is 15.1. The maximum atomic E-state index is 15.1. The van der Waals surface area contributed by atoms with Crippen LogP contribution in [0.25, 0.3) is 11.1 Å². The van der Waals surface area contributed by atoms with Crippen molar-refractivity contribution in [2.24, 2.45) is 5.92 Å². The molecule has 3 aromatic carbocycles. The third-order valence-corrected chi connectivity index (χ3v) is 6.97. The molecule has 0 saturated heterocycles. The minimum atomic E-state index is -4.85. The van der Waals surface area contributed by atoms with E-state index in [9.17, 15) is 17.6 Å². The van der Waals surface area contributed by atoms with Gasteiger partial charge in [0.2, 0.25) is 0 Å². The van der Waals surface area contributed by atoms with Gasteiger partial charge in [0.1, 0.15) is 11.6 Å². The van der Waals surface area contributed by atoms with E-state index < -0.39 is 23.7 Å². The number of benzene rings is 3. The zero-order valence-electron chi connectivity index (χ0n) is 19.9. The summed E-state index contributed by atoms with van der Waals surface area (Å²) < 4.78 is 88.1. The fourth-order valence-electron chi connectivity index (χ4n) is 5.05. The quantitative estimate of drug-likeness (QED) is 0.290. The van der Waals surface area contributed by atoms with Crippen LogP contribution in [-0.4, -0.2) is 0 Å². The average Bonchev–Trinajstić information content (AvgIpc) is 2.84. The molecule has 1 saturated carbocycles. The highest BCUT2D eigenvalue weighted by Gasteiger charge is 2.36. The second-order valence-electron chi connectivity index (χ2n) is 9.44. The van der Waals surface area contributed by atoms with Crippen molar-refractivity contribution in [3.8, 4) is 16.9 Å². The average molecular weight is 507 g/mol. The van der Waals surface area contributed by atoms with Gasteiger partial charge < -0.3 is 4.74 Å². The van der Waals surface area contributed by atoms with Gasteiger partial charge in [-0.25, -0.2) is 4.39 Å². The smallest absolute Gasteiger partial charge is 0.426 e. The largest absolute Gasteiger partial charge is 0.428 e. The van der Waals surface area contributed by atoms with Gasteiger partial charge in [-0.3, -0.25) is 0 Å². The van der Waals surface area contributed by atoms with Gasteiger partial charge in [-0.2, -0.15) is 22.0 Å². The molecule has 0 bridgehead atoms. The van der Waals surface area contributed by atoms with E-state index in [1.54, 1.807) is 12.1 Å². The van der Waals surface area contributed by atoms with Crippen molar-refractivity contribution in [1.29, 1.82) is 0 Å². The van der Waals surface area contributed by atoms with E-state index in [1.807, 2.05) is 0 Å². The van der Waals surface area contributed by atoms with Crippen molar-refractivity contribution in [3.05, 3.63) is 89.2 Å². The molecule has 7 heteroatoms. The van der Waals surface area contributed by atoms with Crippen LogP contribution in [-0.2, 0) is 12.3 Å². The summed E-state index contributed by atoms with van der Waals surface area (Å²) in [6.45, 7) is 2.19. The Morgan fingerprint density at radius 2 is 1.50 bits per heavy atom. The Labute approximate surface area is 207 Å². The summed E-state index contributed by atoms with van der Waals surface area (Å²) in [5.74, 6) is -0.640. The minimum Gasteiger partial charge on any atom is -0.428 e. The second-order valence-corrected chi connectivity index (χ2v) is 9.44. The van der Waals surface area contributed by atoms with Crippen LogP contribution in [0.1, 0.15) is 68.1 Å². The van der Waals surface area contributed by atoms with E-state index in [-0.39, 0.29) is 22.4 Å². The number of rotatable bonds is 7. The molecule has 1 aliphatic carbocycles. The molecule has 0 unspecified atom stereocenters. The van der Waals surface area contributed by atoms with Crippen molar-refractivity contribution >= 4 is 0 Å². The Kier molecular flexibility index (Phi) is 7.67. The van der Waals surface area contributed by atoms with Crippen molar-refractivity contribution in [2.45, 2.75) is 63.7 Å². The van der Waals surface area contributed by atoms with E-state index in [0.717, 1.165) is 43.2 Å². The van der Waals surface area contributed by atoms with E-state index in [0.29, 0.717) is 18.1 Å². The number of hydrogen-bond acceptors (Lipinski definition) is 1. The molecule has 0 amide bonds. The number of halogens is 6. The number of para-hydroxylation sites is 1. The Hall–Kier alpha value is -2.96. The van der Waals surface area contributed by atoms with Crippen LogP contribution >= 0.6 is 0 Å². The monoisotopic (exact) mass is 506 g/mol. The zero-order chi connectivity index (χ0) is 25.9. The van der Waals surface area contributed by atoms with Gasteiger partial charge in [0.05, 0.1) is 11.1 Å². The summed E-state index contributed by atoms with van der Waals surface area (Å²) in [5.41, 5.74) is -0.662. The molecule has 0 spiro atoms. The van der Waals surface area contributed by atoms with Crippen molar-refractivity contribution in [3.63, 3.8) is 0 Å². The van der Waals surface area contributed by atoms with Crippen LogP contribution in [0.4, 0.5) is 26.3 Å². The predicted octanol–water partition coefficient (Wildman–Crippen LogP) is 9.71. The summed E-state index contributed by atoms with van der Waals surface area (Å²) in [6, 6.07) is 14.1. The van der Waals surface area contributed by atoms with Gasteiger partial charge in [0.25, 0.3) is 0 Å². The Morgan fingerprint density at radius 3 is 2.11 bits per heavy atom. The molecule has 0 aliphatic heterocycles. The number of alkyl halides is 5. The van der Waals surface area contributed by atoms with Crippen LogP contribution in [0, 0.1) is 11.7 Å². The molecule has 0 aromatic heterocycles. The standard InChI is InChI=1S/C29H28F6O/c1-2-5-19-8-10-20(11-9-19)21-12-15-23(16-13-21)29(34,35)36-27-7-4-3-6-24(27)22-14-17-25(26(30)18-22)28(31,32)33/h3-4,6-7,12-20H,2,5,8-11H2,1H3. The zero-order valence-corrected chi connectivity index (χ0v) is 19.9. The fourth-order valence-corrected chi connectivity index (χ4v) is 5.05. The molecule has 1 nitrogen and oxygen atoms in total.